The highest BCUT2D eigenvalue weighted by atomic mass is 16.1. The fraction of sp³-hybridized carbons (Fsp3) is 0.565. The molecule has 0 radical (unpaired) electrons. The van der Waals surface area contributed by atoms with Gasteiger partial charge in [0.15, 0.2) is 0 Å². The Bertz CT molecular complexity index is 867. The number of carbonyl (C=O) groups excluding carboxylic acids is 1. The minimum Gasteiger partial charge on any atom is -0.370 e. The van der Waals surface area contributed by atoms with Crippen LogP contribution in [0.25, 0.3) is 10.9 Å². The third kappa shape index (κ3) is 3.48. The Hall–Kier alpha value is -2.14. The fourth-order valence-electron chi connectivity index (χ4n) is 5.44. The van der Waals surface area contributed by atoms with Crippen molar-refractivity contribution < 1.29 is 4.79 Å². The van der Waals surface area contributed by atoms with E-state index in [1.165, 1.54) is 16.6 Å². The lowest BCUT2D eigenvalue weighted by Crippen LogP contribution is -2.58. The molecule has 1 N–H and O–H groups in total. The number of nitrogens with one attached hydrogen (secondary N) is 1. The highest BCUT2D eigenvalue weighted by Crippen LogP contribution is 2.38. The van der Waals surface area contributed by atoms with Crippen LogP contribution >= 0.6 is 0 Å². The summed E-state index contributed by atoms with van der Waals surface area (Å²) in [6, 6.07) is 9.31. The first-order valence-corrected chi connectivity index (χ1v) is 10.5. The van der Waals surface area contributed by atoms with Crippen LogP contribution in [0.2, 0.25) is 0 Å². The maximum atomic E-state index is 11.8. The van der Waals surface area contributed by atoms with Gasteiger partial charge in [0, 0.05) is 49.4 Å². The SMILES string of the molecule is CC(=O)N[C@@H]1CCCN(C)C1[C@H]1CN(c2ccc(C)c3ncccc23)C[C@@H]1C. The van der Waals surface area contributed by atoms with Crippen LogP contribution in [0.1, 0.15) is 32.3 Å². The van der Waals surface area contributed by atoms with Gasteiger partial charge in [0.1, 0.15) is 0 Å². The van der Waals surface area contributed by atoms with Gasteiger partial charge in [0.25, 0.3) is 0 Å². The summed E-state index contributed by atoms with van der Waals surface area (Å²) in [4.78, 5) is 21.4. The minimum absolute atomic E-state index is 0.0865. The monoisotopic (exact) mass is 380 g/mol. The number of anilines is 1. The van der Waals surface area contributed by atoms with Crippen LogP contribution in [0.3, 0.4) is 0 Å². The summed E-state index contributed by atoms with van der Waals surface area (Å²) in [6.45, 7) is 9.33. The molecule has 1 unspecified atom stereocenters. The van der Waals surface area contributed by atoms with Crippen LogP contribution in [0, 0.1) is 18.8 Å². The molecule has 5 nitrogen and oxygen atoms in total. The van der Waals surface area contributed by atoms with E-state index in [9.17, 15) is 4.79 Å². The van der Waals surface area contributed by atoms with Gasteiger partial charge in [-0.2, -0.15) is 0 Å². The number of likely N-dealkylation sites (tertiary alicyclic amines) is 1. The van der Waals surface area contributed by atoms with E-state index in [0.29, 0.717) is 17.9 Å². The molecule has 4 atom stereocenters. The summed E-state index contributed by atoms with van der Waals surface area (Å²) in [5.41, 5.74) is 3.61. The van der Waals surface area contributed by atoms with E-state index in [4.69, 9.17) is 0 Å². The number of likely N-dealkylation sites (N-methyl/N-ethyl adjacent to an activating group) is 1. The lowest BCUT2D eigenvalue weighted by Gasteiger charge is -2.43. The number of benzene rings is 1. The molecule has 2 fully saturated rings. The van der Waals surface area contributed by atoms with Crippen molar-refractivity contribution in [1.29, 1.82) is 0 Å². The predicted molar refractivity (Wildman–Crippen MR) is 115 cm³/mol. The lowest BCUT2D eigenvalue weighted by atomic mass is 9.81. The third-order valence-corrected chi connectivity index (χ3v) is 6.73. The Balaban J connectivity index is 1.63. The fourth-order valence-corrected chi connectivity index (χ4v) is 5.44. The van der Waals surface area contributed by atoms with Crippen LogP contribution < -0.4 is 10.2 Å². The van der Waals surface area contributed by atoms with Crippen molar-refractivity contribution in [3.8, 4) is 0 Å². The second-order valence-electron chi connectivity index (χ2n) is 8.77. The highest BCUT2D eigenvalue weighted by Gasteiger charge is 2.42. The third-order valence-electron chi connectivity index (χ3n) is 6.73. The van der Waals surface area contributed by atoms with Crippen LogP contribution in [0.15, 0.2) is 30.5 Å². The Kier molecular flexibility index (Phi) is 5.28. The highest BCUT2D eigenvalue weighted by molar-refractivity contribution is 5.93. The van der Waals surface area contributed by atoms with Gasteiger partial charge >= 0.3 is 0 Å². The van der Waals surface area contributed by atoms with Crippen molar-refractivity contribution in [2.45, 2.75) is 45.7 Å². The molecule has 4 rings (SSSR count). The zero-order valence-corrected chi connectivity index (χ0v) is 17.5. The molecule has 28 heavy (non-hydrogen) atoms. The van der Waals surface area contributed by atoms with Gasteiger partial charge in [0.2, 0.25) is 5.91 Å². The van der Waals surface area contributed by atoms with Gasteiger partial charge in [-0.25, -0.2) is 0 Å². The van der Waals surface area contributed by atoms with E-state index in [1.54, 1.807) is 6.92 Å². The standard InChI is InChI=1S/C23H32N4O/c1-15-9-10-21(18-7-5-11-24-22(15)18)27-13-16(2)19(14-27)23-20(25-17(3)28)8-6-12-26(23)4/h5,7,9-11,16,19-20,23H,6,8,12-14H2,1-4H3,(H,25,28)/t16-,19-,20+,23?/m0/s1. The van der Waals surface area contributed by atoms with Crippen LogP contribution in [-0.4, -0.2) is 54.6 Å². The number of aromatic nitrogens is 1. The zero-order valence-electron chi connectivity index (χ0n) is 17.5. The smallest absolute Gasteiger partial charge is 0.217 e. The molecule has 0 spiro atoms. The number of amides is 1. The molecule has 2 aliphatic heterocycles. The molecule has 2 aromatic rings. The summed E-state index contributed by atoms with van der Waals surface area (Å²) < 4.78 is 0. The summed E-state index contributed by atoms with van der Waals surface area (Å²) in [5, 5.41) is 4.48. The quantitative estimate of drug-likeness (QED) is 0.888. The first kappa shape index (κ1) is 19.2. The predicted octanol–water partition coefficient (Wildman–Crippen LogP) is 3.21. The Morgan fingerprint density at radius 2 is 2.07 bits per heavy atom. The second kappa shape index (κ2) is 7.70. The summed E-state index contributed by atoms with van der Waals surface area (Å²) in [6.07, 6.45) is 4.11. The first-order chi connectivity index (χ1) is 13.5. The van der Waals surface area contributed by atoms with Gasteiger partial charge in [-0.15, -0.1) is 0 Å². The number of nitrogens with zero attached hydrogens (tertiary/aromatic N) is 3. The molecule has 3 heterocycles. The van der Waals surface area contributed by atoms with Gasteiger partial charge in [-0.3, -0.25) is 9.78 Å². The summed E-state index contributed by atoms with van der Waals surface area (Å²) in [7, 11) is 2.22. The largest absolute Gasteiger partial charge is 0.370 e. The molecule has 0 aliphatic carbocycles. The molecule has 0 saturated carbocycles. The van der Waals surface area contributed by atoms with Crippen LogP contribution in [0.5, 0.6) is 0 Å². The van der Waals surface area contributed by atoms with Gasteiger partial charge in [-0.05, 0) is 69.0 Å². The number of pyridine rings is 1. The van der Waals surface area contributed by atoms with E-state index in [0.717, 1.165) is 38.0 Å². The molecule has 1 aromatic heterocycles. The Morgan fingerprint density at radius 3 is 2.86 bits per heavy atom. The van der Waals surface area contributed by atoms with E-state index < -0.39 is 0 Å². The Morgan fingerprint density at radius 1 is 1.25 bits per heavy atom. The molecule has 1 aromatic carbocycles. The molecule has 2 saturated heterocycles. The average molecular weight is 381 g/mol. The van der Waals surface area contributed by atoms with Crippen molar-refractivity contribution in [2.75, 3.05) is 31.6 Å². The molecule has 150 valence electrons. The van der Waals surface area contributed by atoms with Crippen LogP contribution in [-0.2, 0) is 4.79 Å². The maximum absolute atomic E-state index is 11.8. The number of rotatable bonds is 3. The van der Waals surface area contributed by atoms with Crippen molar-refractivity contribution in [2.24, 2.45) is 11.8 Å². The summed E-state index contributed by atoms with van der Waals surface area (Å²) >= 11 is 0. The number of fused-ring (bicyclic) bond motifs is 1. The van der Waals surface area contributed by atoms with Gasteiger partial charge in [0.05, 0.1) is 5.52 Å². The number of carbonyl (C=O) groups is 1. The van der Waals surface area contributed by atoms with E-state index in [1.807, 2.05) is 12.3 Å². The van der Waals surface area contributed by atoms with Crippen molar-refractivity contribution in [3.63, 3.8) is 0 Å². The molecule has 0 bridgehead atoms. The van der Waals surface area contributed by atoms with Crippen LogP contribution in [0.4, 0.5) is 5.69 Å². The molecule has 5 heteroatoms. The van der Waals surface area contributed by atoms with Crippen molar-refractivity contribution in [3.05, 3.63) is 36.0 Å². The molecule has 2 aliphatic rings. The Labute approximate surface area is 168 Å². The van der Waals surface area contributed by atoms with Gasteiger partial charge in [-0.1, -0.05) is 13.0 Å². The van der Waals surface area contributed by atoms with Gasteiger partial charge < -0.3 is 15.1 Å². The molecular weight excluding hydrogens is 348 g/mol. The number of aryl methyl sites for hydroxylation is 1. The summed E-state index contributed by atoms with van der Waals surface area (Å²) in [5.74, 6) is 1.20. The van der Waals surface area contributed by atoms with Crippen molar-refractivity contribution >= 4 is 22.5 Å². The number of hydrogen-bond donors (Lipinski definition) is 1. The van der Waals surface area contributed by atoms with E-state index >= 15 is 0 Å². The number of hydrogen-bond acceptors (Lipinski definition) is 4. The first-order valence-electron chi connectivity index (χ1n) is 10.5. The normalized spacial score (nSPS) is 28.6. The van der Waals surface area contributed by atoms with E-state index in [-0.39, 0.29) is 11.9 Å². The maximum Gasteiger partial charge on any atom is 0.217 e. The minimum atomic E-state index is 0.0865. The number of piperidine rings is 1. The zero-order chi connectivity index (χ0) is 19.8. The van der Waals surface area contributed by atoms with Crippen molar-refractivity contribution in [1.82, 2.24) is 15.2 Å². The van der Waals surface area contributed by atoms with E-state index in [2.05, 4.69) is 59.2 Å². The molecule has 1 amide bonds. The molecular formula is C23H32N4O. The topological polar surface area (TPSA) is 48.5 Å². The lowest BCUT2D eigenvalue weighted by molar-refractivity contribution is -0.120. The second-order valence-corrected chi connectivity index (χ2v) is 8.77. The average Bonchev–Trinajstić information content (AvgIpc) is 3.03.